The average molecular weight is 262 g/mol. The number of hydrogen-bond donors (Lipinski definition) is 0. The van der Waals surface area contributed by atoms with Crippen molar-refractivity contribution in [3.63, 3.8) is 0 Å². The normalized spacial score (nSPS) is 17.8. The molecule has 0 atom stereocenters. The molecular weight excluding hydrogens is 236 g/mol. The van der Waals surface area contributed by atoms with E-state index >= 15 is 0 Å². The summed E-state index contributed by atoms with van der Waals surface area (Å²) in [5, 5.41) is 0. The molecule has 0 N–H and O–H groups in total. The summed E-state index contributed by atoms with van der Waals surface area (Å²) in [5.74, 6) is 0. The van der Waals surface area contributed by atoms with Gasteiger partial charge >= 0.3 is 0 Å². The van der Waals surface area contributed by atoms with Gasteiger partial charge in [-0.2, -0.15) is 0 Å². The van der Waals surface area contributed by atoms with Gasteiger partial charge in [-0.05, 0) is 17.5 Å². The first kappa shape index (κ1) is 14.5. The summed E-state index contributed by atoms with van der Waals surface area (Å²) in [6.45, 7) is 9.86. The van der Waals surface area contributed by atoms with Crippen molar-refractivity contribution in [2.24, 2.45) is 0 Å². The molecule has 1 saturated heterocycles. The molecule has 1 aliphatic heterocycles. The van der Waals surface area contributed by atoms with E-state index < -0.39 is 0 Å². The van der Waals surface area contributed by atoms with Gasteiger partial charge in [0.05, 0.1) is 6.61 Å². The van der Waals surface area contributed by atoms with Crippen LogP contribution >= 0.6 is 0 Å². The van der Waals surface area contributed by atoms with E-state index in [0.717, 1.165) is 39.2 Å². The predicted molar refractivity (Wildman–Crippen MR) is 79.4 cm³/mol. The summed E-state index contributed by atoms with van der Waals surface area (Å²) >= 11 is 0. The van der Waals surface area contributed by atoms with Gasteiger partial charge in [-0.25, -0.2) is 0 Å². The van der Waals surface area contributed by atoms with Crippen LogP contribution in [-0.2, 0) is 17.7 Å². The van der Waals surface area contributed by atoms with Gasteiger partial charge in [0.1, 0.15) is 0 Å². The van der Waals surface area contributed by atoms with Crippen LogP contribution in [-0.4, -0.2) is 56.2 Å². The molecule has 0 unspecified atom stereocenters. The maximum absolute atomic E-state index is 5.13. The first-order valence-corrected chi connectivity index (χ1v) is 7.33. The Hall–Kier alpha value is -0.900. The highest BCUT2D eigenvalue weighted by Crippen LogP contribution is 2.10. The van der Waals surface area contributed by atoms with Gasteiger partial charge in [0, 0.05) is 46.4 Å². The van der Waals surface area contributed by atoms with Crippen LogP contribution in [0.25, 0.3) is 0 Å². The van der Waals surface area contributed by atoms with Crippen molar-refractivity contribution in [3.8, 4) is 0 Å². The maximum Gasteiger partial charge on any atom is 0.0589 e. The summed E-state index contributed by atoms with van der Waals surface area (Å²) in [7, 11) is 1.77. The predicted octanol–water partition coefficient (Wildman–Crippen LogP) is 2.01. The second-order valence-corrected chi connectivity index (χ2v) is 5.28. The molecule has 106 valence electrons. The summed E-state index contributed by atoms with van der Waals surface area (Å²) in [5.41, 5.74) is 2.86. The molecule has 1 fully saturated rings. The first-order chi connectivity index (χ1) is 9.31. The molecule has 0 radical (unpaired) electrons. The number of aryl methyl sites for hydroxylation is 1. The highest BCUT2D eigenvalue weighted by atomic mass is 16.5. The van der Waals surface area contributed by atoms with E-state index in [-0.39, 0.29) is 0 Å². The molecule has 0 aromatic heterocycles. The third-order valence-electron chi connectivity index (χ3n) is 3.91. The number of benzene rings is 1. The summed E-state index contributed by atoms with van der Waals surface area (Å²) in [4.78, 5) is 5.03. The fraction of sp³-hybridized carbons (Fsp3) is 0.625. The Morgan fingerprint density at radius 1 is 0.947 bits per heavy atom. The van der Waals surface area contributed by atoms with Crippen LogP contribution in [0.4, 0.5) is 0 Å². The minimum Gasteiger partial charge on any atom is -0.383 e. The summed E-state index contributed by atoms with van der Waals surface area (Å²) < 4.78 is 5.13. The van der Waals surface area contributed by atoms with Gasteiger partial charge in [-0.15, -0.1) is 0 Å². The lowest BCUT2D eigenvalue weighted by atomic mass is 10.1. The van der Waals surface area contributed by atoms with Crippen molar-refractivity contribution < 1.29 is 4.74 Å². The highest BCUT2D eigenvalue weighted by molar-refractivity contribution is 5.22. The number of hydrogen-bond acceptors (Lipinski definition) is 3. The Balaban J connectivity index is 1.75. The van der Waals surface area contributed by atoms with Crippen LogP contribution in [0.15, 0.2) is 24.3 Å². The molecule has 0 amide bonds. The first-order valence-electron chi connectivity index (χ1n) is 7.33. The van der Waals surface area contributed by atoms with Gasteiger partial charge in [0.15, 0.2) is 0 Å². The van der Waals surface area contributed by atoms with Crippen LogP contribution in [0.1, 0.15) is 18.1 Å². The zero-order chi connectivity index (χ0) is 13.5. The van der Waals surface area contributed by atoms with Gasteiger partial charge in [-0.1, -0.05) is 31.2 Å². The molecule has 1 aliphatic rings. The fourth-order valence-corrected chi connectivity index (χ4v) is 2.53. The Labute approximate surface area is 117 Å². The lowest BCUT2D eigenvalue weighted by Crippen LogP contribution is -2.46. The minimum atomic E-state index is 0.846. The van der Waals surface area contributed by atoms with Gasteiger partial charge in [0.2, 0.25) is 0 Å². The van der Waals surface area contributed by atoms with E-state index in [1.165, 1.54) is 24.2 Å². The van der Waals surface area contributed by atoms with E-state index in [9.17, 15) is 0 Å². The number of ether oxygens (including phenoxy) is 1. The molecule has 3 nitrogen and oxygen atoms in total. The van der Waals surface area contributed by atoms with E-state index in [0.29, 0.717) is 0 Å². The van der Waals surface area contributed by atoms with Crippen LogP contribution in [0.3, 0.4) is 0 Å². The van der Waals surface area contributed by atoms with E-state index in [1.54, 1.807) is 7.11 Å². The molecule has 1 aromatic carbocycles. The van der Waals surface area contributed by atoms with E-state index in [1.807, 2.05) is 0 Å². The molecule has 1 aromatic rings. The van der Waals surface area contributed by atoms with Crippen molar-refractivity contribution in [1.29, 1.82) is 0 Å². The second-order valence-electron chi connectivity index (χ2n) is 5.28. The molecule has 0 aliphatic carbocycles. The second kappa shape index (κ2) is 7.63. The van der Waals surface area contributed by atoms with Crippen LogP contribution in [0, 0.1) is 0 Å². The average Bonchev–Trinajstić information content (AvgIpc) is 2.47. The third kappa shape index (κ3) is 4.60. The summed E-state index contributed by atoms with van der Waals surface area (Å²) in [6, 6.07) is 9.06. The molecule has 2 rings (SSSR count). The quantitative estimate of drug-likeness (QED) is 0.780. The van der Waals surface area contributed by atoms with Gasteiger partial charge in [0.25, 0.3) is 0 Å². The number of rotatable bonds is 6. The molecule has 1 heterocycles. The largest absolute Gasteiger partial charge is 0.383 e. The molecule has 0 saturated carbocycles. The van der Waals surface area contributed by atoms with Crippen molar-refractivity contribution in [1.82, 2.24) is 9.80 Å². The molecule has 0 bridgehead atoms. The van der Waals surface area contributed by atoms with E-state index in [2.05, 4.69) is 41.0 Å². The standard InChI is InChI=1S/C16H26N2O/c1-3-15-4-6-16(7-5-15)14-18-10-8-17(9-11-18)12-13-19-2/h4-7H,3,8-14H2,1-2H3. The molecule has 19 heavy (non-hydrogen) atoms. The smallest absolute Gasteiger partial charge is 0.0589 e. The van der Waals surface area contributed by atoms with Crippen molar-refractivity contribution in [2.45, 2.75) is 19.9 Å². The molecular formula is C16H26N2O. The SMILES string of the molecule is CCc1ccc(CN2CCN(CCOC)CC2)cc1. The minimum absolute atomic E-state index is 0.846. The lowest BCUT2D eigenvalue weighted by Gasteiger charge is -2.34. The van der Waals surface area contributed by atoms with Crippen LogP contribution < -0.4 is 0 Å². The Morgan fingerprint density at radius 3 is 2.11 bits per heavy atom. The molecule has 0 spiro atoms. The van der Waals surface area contributed by atoms with Crippen LogP contribution in [0.5, 0.6) is 0 Å². The van der Waals surface area contributed by atoms with Crippen molar-refractivity contribution >= 4 is 0 Å². The lowest BCUT2D eigenvalue weighted by molar-refractivity contribution is 0.0938. The third-order valence-corrected chi connectivity index (χ3v) is 3.91. The number of piperazine rings is 1. The fourth-order valence-electron chi connectivity index (χ4n) is 2.53. The number of nitrogens with zero attached hydrogens (tertiary/aromatic N) is 2. The Morgan fingerprint density at radius 2 is 1.53 bits per heavy atom. The van der Waals surface area contributed by atoms with Gasteiger partial charge in [-0.3, -0.25) is 9.80 Å². The Kier molecular flexibility index (Phi) is 5.83. The zero-order valence-electron chi connectivity index (χ0n) is 12.3. The zero-order valence-corrected chi connectivity index (χ0v) is 12.3. The topological polar surface area (TPSA) is 15.7 Å². The van der Waals surface area contributed by atoms with Crippen molar-refractivity contribution in [2.75, 3.05) is 46.4 Å². The van der Waals surface area contributed by atoms with E-state index in [4.69, 9.17) is 4.74 Å². The molecule has 3 heteroatoms. The monoisotopic (exact) mass is 262 g/mol. The van der Waals surface area contributed by atoms with Gasteiger partial charge < -0.3 is 4.74 Å². The Bertz CT molecular complexity index is 356. The van der Waals surface area contributed by atoms with Crippen molar-refractivity contribution in [3.05, 3.63) is 35.4 Å². The maximum atomic E-state index is 5.13. The summed E-state index contributed by atoms with van der Waals surface area (Å²) in [6.07, 6.45) is 1.12. The number of methoxy groups -OCH3 is 1. The highest BCUT2D eigenvalue weighted by Gasteiger charge is 2.16. The van der Waals surface area contributed by atoms with Crippen LogP contribution in [0.2, 0.25) is 0 Å².